The van der Waals surface area contributed by atoms with Crippen LogP contribution in [0.3, 0.4) is 0 Å². The van der Waals surface area contributed by atoms with Crippen molar-refractivity contribution in [3.8, 4) is 5.75 Å². The molecule has 0 aromatic heterocycles. The molecule has 0 spiro atoms. The number of ether oxygens (including phenoxy) is 1. The van der Waals surface area contributed by atoms with E-state index in [0.717, 1.165) is 24.2 Å². The number of methoxy groups -OCH3 is 1. The molecule has 0 saturated heterocycles. The van der Waals surface area contributed by atoms with Gasteiger partial charge in [0.25, 0.3) is 0 Å². The fourth-order valence-electron chi connectivity index (χ4n) is 2.22. The maximum Gasteiger partial charge on any atom is 0.303 e. The zero-order valence-corrected chi connectivity index (χ0v) is 13.3. The van der Waals surface area contributed by atoms with Gasteiger partial charge in [-0.05, 0) is 36.5 Å². The Balaban J connectivity index is 2.25. The number of hydrogen-bond acceptors (Lipinski definition) is 3. The molecule has 1 aromatic rings. The lowest BCUT2D eigenvalue weighted by atomic mass is 9.97. The largest absolute Gasteiger partial charge is 0.497 e. The molecule has 5 heteroatoms. The minimum absolute atomic E-state index is 0.0218. The number of aliphatic carboxylic acids is 1. The van der Waals surface area contributed by atoms with E-state index in [4.69, 9.17) is 9.84 Å². The topological polar surface area (TPSA) is 75.6 Å². The van der Waals surface area contributed by atoms with Crippen LogP contribution in [0.1, 0.15) is 50.5 Å². The van der Waals surface area contributed by atoms with Crippen molar-refractivity contribution < 1.29 is 19.4 Å². The van der Waals surface area contributed by atoms with E-state index >= 15 is 0 Å². The summed E-state index contributed by atoms with van der Waals surface area (Å²) in [5.41, 5.74) is 1.08. The third-order valence-electron chi connectivity index (χ3n) is 3.54. The van der Waals surface area contributed by atoms with Gasteiger partial charge >= 0.3 is 5.97 Å². The fraction of sp³-hybridized carbons (Fsp3) is 0.529. The number of amides is 1. The number of nitrogens with one attached hydrogen (secondary N) is 1. The van der Waals surface area contributed by atoms with Gasteiger partial charge in [0.2, 0.25) is 5.91 Å². The summed E-state index contributed by atoms with van der Waals surface area (Å²) >= 11 is 0. The van der Waals surface area contributed by atoms with E-state index in [-0.39, 0.29) is 18.2 Å². The molecule has 2 N–H and O–H groups in total. The fourth-order valence-corrected chi connectivity index (χ4v) is 2.22. The highest BCUT2D eigenvalue weighted by molar-refractivity contribution is 5.76. The molecule has 5 nitrogen and oxygen atoms in total. The summed E-state index contributed by atoms with van der Waals surface area (Å²) in [5, 5.41) is 11.4. The van der Waals surface area contributed by atoms with Crippen molar-refractivity contribution in [2.45, 2.75) is 44.9 Å². The molecule has 0 bridgehead atoms. The van der Waals surface area contributed by atoms with Crippen LogP contribution in [0, 0.1) is 0 Å². The van der Waals surface area contributed by atoms with Crippen molar-refractivity contribution in [1.29, 1.82) is 0 Å². The molecule has 122 valence electrons. The van der Waals surface area contributed by atoms with Crippen molar-refractivity contribution in [3.63, 3.8) is 0 Å². The van der Waals surface area contributed by atoms with Crippen LogP contribution in [-0.2, 0) is 9.59 Å². The highest BCUT2D eigenvalue weighted by Crippen LogP contribution is 2.22. The summed E-state index contributed by atoms with van der Waals surface area (Å²) in [4.78, 5) is 22.2. The zero-order chi connectivity index (χ0) is 16.4. The molecule has 0 aliphatic rings. The van der Waals surface area contributed by atoms with E-state index in [1.165, 1.54) is 0 Å². The molecule has 0 saturated carbocycles. The Bertz CT molecular complexity index is 487. The Labute approximate surface area is 131 Å². The molecule has 0 fully saturated rings. The van der Waals surface area contributed by atoms with Gasteiger partial charge in [0.05, 0.1) is 7.11 Å². The highest BCUT2D eigenvalue weighted by Gasteiger charge is 2.11. The zero-order valence-electron chi connectivity index (χ0n) is 13.3. The van der Waals surface area contributed by atoms with Gasteiger partial charge in [-0.25, -0.2) is 0 Å². The molecular weight excluding hydrogens is 282 g/mol. The van der Waals surface area contributed by atoms with Crippen LogP contribution >= 0.6 is 0 Å². The molecule has 0 radical (unpaired) electrons. The first-order chi connectivity index (χ1) is 10.5. The van der Waals surface area contributed by atoms with E-state index in [9.17, 15) is 9.59 Å². The lowest BCUT2D eigenvalue weighted by Gasteiger charge is -2.13. The minimum atomic E-state index is -0.767. The number of unbranched alkanes of at least 4 members (excludes halogenated alkanes) is 2. The SMILES string of the molecule is COc1cccc(C(C)CC(=O)NCCCCCC(=O)O)c1. The Morgan fingerprint density at radius 1 is 1.27 bits per heavy atom. The Morgan fingerprint density at radius 2 is 2.05 bits per heavy atom. The van der Waals surface area contributed by atoms with Gasteiger partial charge in [-0.15, -0.1) is 0 Å². The molecule has 0 aliphatic carbocycles. The number of carbonyl (C=O) groups is 2. The van der Waals surface area contributed by atoms with E-state index < -0.39 is 5.97 Å². The van der Waals surface area contributed by atoms with Crippen LogP contribution in [0.4, 0.5) is 0 Å². The summed E-state index contributed by atoms with van der Waals surface area (Å²) in [7, 11) is 1.63. The average Bonchev–Trinajstić information content (AvgIpc) is 2.50. The van der Waals surface area contributed by atoms with Gasteiger partial charge < -0.3 is 15.2 Å². The van der Waals surface area contributed by atoms with E-state index in [1.54, 1.807) is 7.11 Å². The van der Waals surface area contributed by atoms with Crippen molar-refractivity contribution >= 4 is 11.9 Å². The Morgan fingerprint density at radius 3 is 2.73 bits per heavy atom. The molecule has 1 rings (SSSR count). The van der Waals surface area contributed by atoms with Gasteiger partial charge in [-0.1, -0.05) is 25.5 Å². The summed E-state index contributed by atoms with van der Waals surface area (Å²) in [6.45, 7) is 2.62. The molecule has 22 heavy (non-hydrogen) atoms. The molecule has 1 amide bonds. The quantitative estimate of drug-likeness (QED) is 0.652. The molecule has 0 aliphatic heterocycles. The summed E-state index contributed by atoms with van der Waals surface area (Å²) < 4.78 is 5.19. The predicted octanol–water partition coefficient (Wildman–Crippen LogP) is 2.95. The average molecular weight is 307 g/mol. The summed E-state index contributed by atoms with van der Waals surface area (Å²) in [6.07, 6.45) is 2.92. The lowest BCUT2D eigenvalue weighted by Crippen LogP contribution is -2.25. The number of benzene rings is 1. The smallest absolute Gasteiger partial charge is 0.303 e. The normalized spacial score (nSPS) is 11.7. The van der Waals surface area contributed by atoms with Crippen LogP contribution in [0.5, 0.6) is 5.75 Å². The second-order valence-electron chi connectivity index (χ2n) is 5.44. The van der Waals surface area contributed by atoms with Gasteiger partial charge in [0, 0.05) is 19.4 Å². The van der Waals surface area contributed by atoms with Crippen LogP contribution in [0.25, 0.3) is 0 Å². The number of carboxylic acid groups (broad SMARTS) is 1. The van der Waals surface area contributed by atoms with Crippen molar-refractivity contribution in [2.24, 2.45) is 0 Å². The van der Waals surface area contributed by atoms with Crippen molar-refractivity contribution in [1.82, 2.24) is 5.32 Å². The van der Waals surface area contributed by atoms with Crippen LogP contribution < -0.4 is 10.1 Å². The van der Waals surface area contributed by atoms with Crippen molar-refractivity contribution in [2.75, 3.05) is 13.7 Å². The highest BCUT2D eigenvalue weighted by atomic mass is 16.5. The van der Waals surface area contributed by atoms with Crippen LogP contribution in [0.2, 0.25) is 0 Å². The van der Waals surface area contributed by atoms with Gasteiger partial charge in [-0.3, -0.25) is 9.59 Å². The first-order valence-corrected chi connectivity index (χ1v) is 7.65. The molecule has 1 atom stereocenters. The van der Waals surface area contributed by atoms with Gasteiger partial charge in [0.15, 0.2) is 0 Å². The second-order valence-corrected chi connectivity index (χ2v) is 5.44. The Kier molecular flexibility index (Phi) is 8.04. The van der Waals surface area contributed by atoms with E-state index in [2.05, 4.69) is 5.32 Å². The Hall–Kier alpha value is -2.04. The first kappa shape index (κ1) is 18.0. The standard InChI is InChI=1S/C17H25NO4/c1-13(14-7-6-8-15(12-14)22-2)11-16(19)18-10-5-3-4-9-17(20)21/h6-8,12-13H,3-5,9-11H2,1-2H3,(H,18,19)(H,20,21). The predicted molar refractivity (Wildman–Crippen MR) is 85.1 cm³/mol. The van der Waals surface area contributed by atoms with Crippen molar-refractivity contribution in [3.05, 3.63) is 29.8 Å². The summed E-state index contributed by atoms with van der Waals surface area (Å²) in [5.74, 6) is 0.176. The third-order valence-corrected chi connectivity index (χ3v) is 3.54. The maximum atomic E-state index is 11.9. The van der Waals surface area contributed by atoms with Crippen LogP contribution in [-0.4, -0.2) is 30.6 Å². The molecular formula is C17H25NO4. The second kappa shape index (κ2) is 9.82. The van der Waals surface area contributed by atoms with E-state index in [1.807, 2.05) is 31.2 Å². The number of carboxylic acids is 1. The van der Waals surface area contributed by atoms with Gasteiger partial charge in [-0.2, -0.15) is 0 Å². The minimum Gasteiger partial charge on any atom is -0.497 e. The molecule has 0 heterocycles. The summed E-state index contributed by atoms with van der Waals surface area (Å²) in [6, 6.07) is 7.74. The number of carbonyl (C=O) groups excluding carboxylic acids is 1. The first-order valence-electron chi connectivity index (χ1n) is 7.65. The number of hydrogen-bond donors (Lipinski definition) is 2. The molecule has 1 unspecified atom stereocenters. The van der Waals surface area contributed by atoms with Crippen LogP contribution in [0.15, 0.2) is 24.3 Å². The lowest BCUT2D eigenvalue weighted by molar-refractivity contribution is -0.137. The number of rotatable bonds is 10. The third kappa shape index (κ3) is 7.11. The van der Waals surface area contributed by atoms with E-state index in [0.29, 0.717) is 19.4 Å². The molecule has 1 aromatic carbocycles. The maximum absolute atomic E-state index is 11.9. The monoisotopic (exact) mass is 307 g/mol. The van der Waals surface area contributed by atoms with Gasteiger partial charge in [0.1, 0.15) is 5.75 Å².